The maximum atomic E-state index is 11.5. The molecular formula is C9H10N4OS. The van der Waals surface area contributed by atoms with Gasteiger partial charge in [0.25, 0.3) is 0 Å². The second-order valence-electron chi connectivity index (χ2n) is 3.05. The first-order valence-corrected chi connectivity index (χ1v) is 5.22. The van der Waals surface area contributed by atoms with Crippen molar-refractivity contribution in [2.24, 2.45) is 10.7 Å². The zero-order chi connectivity index (χ0) is 10.8. The lowest BCUT2D eigenvalue weighted by Gasteiger charge is -2.09. The minimum atomic E-state index is -0.258. The van der Waals surface area contributed by atoms with Crippen molar-refractivity contribution in [3.8, 4) is 0 Å². The highest BCUT2D eigenvalue weighted by Crippen LogP contribution is 2.25. The first-order chi connectivity index (χ1) is 7.20. The summed E-state index contributed by atoms with van der Waals surface area (Å²) in [6.45, 7) is 2.37. The molecule has 0 atom stereocenters. The number of rotatable bonds is 2. The highest BCUT2D eigenvalue weighted by Gasteiger charge is 2.24. The van der Waals surface area contributed by atoms with Crippen molar-refractivity contribution >= 4 is 28.1 Å². The SMILES string of the molecule is Cc1ncc(N2CC(/C=C\N)=NC2=O)s1. The number of hydrogen-bond donors (Lipinski definition) is 1. The van der Waals surface area contributed by atoms with Crippen LogP contribution in [0, 0.1) is 6.92 Å². The van der Waals surface area contributed by atoms with Crippen LogP contribution in [-0.2, 0) is 0 Å². The van der Waals surface area contributed by atoms with Crippen molar-refractivity contribution in [2.75, 3.05) is 11.4 Å². The molecule has 0 radical (unpaired) electrons. The lowest BCUT2D eigenvalue weighted by molar-refractivity contribution is 0.256. The normalized spacial score (nSPS) is 16.5. The molecule has 1 aromatic rings. The van der Waals surface area contributed by atoms with Gasteiger partial charge in [0.05, 0.1) is 23.5 Å². The number of anilines is 1. The summed E-state index contributed by atoms with van der Waals surface area (Å²) in [5.41, 5.74) is 5.92. The maximum Gasteiger partial charge on any atom is 0.349 e. The van der Waals surface area contributed by atoms with Crippen LogP contribution in [0.3, 0.4) is 0 Å². The molecule has 0 saturated carbocycles. The van der Waals surface area contributed by atoms with E-state index in [4.69, 9.17) is 5.73 Å². The van der Waals surface area contributed by atoms with Gasteiger partial charge >= 0.3 is 6.03 Å². The third kappa shape index (κ3) is 1.89. The van der Waals surface area contributed by atoms with E-state index in [0.717, 1.165) is 10.0 Å². The molecule has 0 aliphatic carbocycles. The minimum Gasteiger partial charge on any atom is -0.405 e. The number of aliphatic imine (C=N–C) groups is 1. The van der Waals surface area contributed by atoms with E-state index in [2.05, 4.69) is 9.98 Å². The van der Waals surface area contributed by atoms with E-state index >= 15 is 0 Å². The summed E-state index contributed by atoms with van der Waals surface area (Å²) < 4.78 is 0. The lowest BCUT2D eigenvalue weighted by Crippen LogP contribution is -2.24. The molecule has 0 aromatic carbocycles. The van der Waals surface area contributed by atoms with Crippen LogP contribution >= 0.6 is 11.3 Å². The topological polar surface area (TPSA) is 71.6 Å². The first kappa shape index (κ1) is 9.85. The third-order valence-electron chi connectivity index (χ3n) is 1.95. The van der Waals surface area contributed by atoms with Gasteiger partial charge in [0.2, 0.25) is 0 Å². The molecule has 1 aliphatic heterocycles. The van der Waals surface area contributed by atoms with E-state index in [1.165, 1.54) is 17.5 Å². The Morgan fingerprint density at radius 2 is 2.47 bits per heavy atom. The van der Waals surface area contributed by atoms with Crippen LogP contribution in [0.5, 0.6) is 0 Å². The number of nitrogens with zero attached hydrogens (tertiary/aromatic N) is 3. The number of nitrogens with two attached hydrogens (primary N) is 1. The van der Waals surface area contributed by atoms with E-state index in [1.807, 2.05) is 6.92 Å². The predicted octanol–water partition coefficient (Wildman–Crippen LogP) is 1.30. The van der Waals surface area contributed by atoms with E-state index in [0.29, 0.717) is 12.3 Å². The van der Waals surface area contributed by atoms with Crippen LogP contribution < -0.4 is 10.6 Å². The van der Waals surface area contributed by atoms with Crippen LogP contribution in [0.4, 0.5) is 9.80 Å². The molecule has 0 spiro atoms. The van der Waals surface area contributed by atoms with Gasteiger partial charge in [0.15, 0.2) is 0 Å². The van der Waals surface area contributed by atoms with Crippen LogP contribution in [-0.4, -0.2) is 23.3 Å². The third-order valence-corrected chi connectivity index (χ3v) is 2.89. The largest absolute Gasteiger partial charge is 0.405 e. The Kier molecular flexibility index (Phi) is 2.51. The molecule has 0 fully saturated rings. The predicted molar refractivity (Wildman–Crippen MR) is 60.4 cm³/mol. The van der Waals surface area contributed by atoms with Gasteiger partial charge in [-0.25, -0.2) is 9.78 Å². The minimum absolute atomic E-state index is 0.258. The number of aromatic nitrogens is 1. The lowest BCUT2D eigenvalue weighted by atomic mass is 10.3. The second-order valence-corrected chi connectivity index (χ2v) is 4.26. The number of hydrogen-bond acceptors (Lipinski definition) is 4. The Bertz CT molecular complexity index is 449. The second kappa shape index (κ2) is 3.82. The molecule has 1 aliphatic rings. The highest BCUT2D eigenvalue weighted by molar-refractivity contribution is 7.15. The molecule has 2 N–H and O–H groups in total. The van der Waals surface area contributed by atoms with Crippen molar-refractivity contribution in [3.63, 3.8) is 0 Å². The molecule has 2 heterocycles. The van der Waals surface area contributed by atoms with Gasteiger partial charge in [-0.2, -0.15) is 4.99 Å². The van der Waals surface area contributed by atoms with Gasteiger partial charge in [-0.05, 0) is 19.2 Å². The van der Waals surface area contributed by atoms with Crippen molar-refractivity contribution < 1.29 is 4.79 Å². The van der Waals surface area contributed by atoms with Gasteiger partial charge in [-0.15, -0.1) is 11.3 Å². The summed E-state index contributed by atoms with van der Waals surface area (Å²) in [5.74, 6) is 0. The standard InChI is InChI=1S/C9H10N4OS/c1-6-11-4-8(15-6)13-5-7(2-3-10)12-9(13)14/h2-4H,5,10H2,1H3/b3-2-. The van der Waals surface area contributed by atoms with Crippen molar-refractivity contribution in [3.05, 3.63) is 23.5 Å². The Hall–Kier alpha value is -1.69. The Balaban J connectivity index is 2.19. The molecular weight excluding hydrogens is 212 g/mol. The number of urea groups is 1. The van der Waals surface area contributed by atoms with Crippen molar-refractivity contribution in [1.29, 1.82) is 0 Å². The fraction of sp³-hybridized carbons (Fsp3) is 0.222. The van der Waals surface area contributed by atoms with Gasteiger partial charge in [-0.1, -0.05) is 0 Å². The fourth-order valence-electron chi connectivity index (χ4n) is 1.30. The summed E-state index contributed by atoms with van der Waals surface area (Å²) in [7, 11) is 0. The van der Waals surface area contributed by atoms with Gasteiger partial charge in [0.1, 0.15) is 5.00 Å². The summed E-state index contributed by atoms with van der Waals surface area (Å²) in [6.07, 6.45) is 4.70. The molecule has 0 bridgehead atoms. The molecule has 1 aromatic heterocycles. The van der Waals surface area contributed by atoms with Gasteiger partial charge in [0, 0.05) is 0 Å². The molecule has 78 valence electrons. The molecule has 15 heavy (non-hydrogen) atoms. The van der Waals surface area contributed by atoms with Crippen LogP contribution in [0.25, 0.3) is 0 Å². The summed E-state index contributed by atoms with van der Waals surface area (Å²) >= 11 is 1.47. The average Bonchev–Trinajstić information content (AvgIpc) is 2.73. The Morgan fingerprint density at radius 1 is 1.67 bits per heavy atom. The maximum absolute atomic E-state index is 11.5. The zero-order valence-electron chi connectivity index (χ0n) is 8.17. The number of aryl methyl sites for hydroxylation is 1. The first-order valence-electron chi connectivity index (χ1n) is 4.40. The van der Waals surface area contributed by atoms with E-state index < -0.39 is 0 Å². The van der Waals surface area contributed by atoms with Gasteiger partial charge in [-0.3, -0.25) is 4.90 Å². The summed E-state index contributed by atoms with van der Waals surface area (Å²) in [4.78, 5) is 21.1. The molecule has 6 heteroatoms. The average molecular weight is 222 g/mol. The number of amides is 2. The van der Waals surface area contributed by atoms with Crippen LogP contribution in [0.2, 0.25) is 0 Å². The Labute approximate surface area is 90.9 Å². The molecule has 5 nitrogen and oxygen atoms in total. The quantitative estimate of drug-likeness (QED) is 0.819. The van der Waals surface area contributed by atoms with E-state index in [1.54, 1.807) is 17.2 Å². The molecule has 2 rings (SSSR count). The van der Waals surface area contributed by atoms with E-state index in [-0.39, 0.29) is 6.03 Å². The number of carbonyl (C=O) groups is 1. The van der Waals surface area contributed by atoms with Crippen LogP contribution in [0.1, 0.15) is 5.01 Å². The summed E-state index contributed by atoms with van der Waals surface area (Å²) in [5, 5.41) is 1.75. The fourth-order valence-corrected chi connectivity index (χ4v) is 2.06. The van der Waals surface area contributed by atoms with Crippen molar-refractivity contribution in [2.45, 2.75) is 6.92 Å². The molecule has 0 unspecified atom stereocenters. The van der Waals surface area contributed by atoms with Gasteiger partial charge < -0.3 is 5.73 Å². The highest BCUT2D eigenvalue weighted by atomic mass is 32.1. The zero-order valence-corrected chi connectivity index (χ0v) is 8.99. The molecule has 0 saturated heterocycles. The summed E-state index contributed by atoms with van der Waals surface area (Å²) in [6, 6.07) is -0.258. The molecule has 2 amide bonds. The van der Waals surface area contributed by atoms with E-state index in [9.17, 15) is 4.79 Å². The Morgan fingerprint density at radius 3 is 3.07 bits per heavy atom. The number of thiazole rings is 1. The smallest absolute Gasteiger partial charge is 0.349 e. The van der Waals surface area contributed by atoms with Crippen LogP contribution in [0.15, 0.2) is 23.5 Å². The van der Waals surface area contributed by atoms with Crippen molar-refractivity contribution in [1.82, 2.24) is 4.98 Å². The number of carbonyl (C=O) groups excluding carboxylic acids is 1. The monoisotopic (exact) mass is 222 g/mol.